The fraction of sp³-hybridized carbons (Fsp3) is 0.280. The number of nitriles is 1. The van der Waals surface area contributed by atoms with Crippen LogP contribution in [0.4, 0.5) is 5.69 Å². The number of allylic oxidation sites excluding steroid dienone is 1. The number of aryl methyl sites for hydroxylation is 1. The molecule has 0 fully saturated rings. The lowest BCUT2D eigenvalue weighted by molar-refractivity contribution is -0.384. The number of carbonyl (C=O) groups excluding carboxylic acids is 1. The average molecular weight is 489 g/mol. The average Bonchev–Trinajstić information content (AvgIpc) is 3.14. The van der Waals surface area contributed by atoms with Crippen molar-refractivity contribution in [2.24, 2.45) is 0 Å². The van der Waals surface area contributed by atoms with Crippen molar-refractivity contribution in [2.45, 2.75) is 32.2 Å². The molecular weight excluding hydrogens is 466 g/mol. The molecule has 0 aliphatic carbocycles. The summed E-state index contributed by atoms with van der Waals surface area (Å²) in [5, 5.41) is 29.0. The van der Waals surface area contributed by atoms with Crippen molar-refractivity contribution in [3.63, 3.8) is 0 Å². The summed E-state index contributed by atoms with van der Waals surface area (Å²) in [7, 11) is 1.44. The number of hydrogen-bond acceptors (Lipinski definition) is 9. The van der Waals surface area contributed by atoms with E-state index in [0.29, 0.717) is 28.5 Å². The lowest BCUT2D eigenvalue weighted by Gasteiger charge is -2.11. The molecule has 0 saturated carbocycles. The maximum atomic E-state index is 12.3. The number of benzene rings is 2. The van der Waals surface area contributed by atoms with Crippen LogP contribution in [0.5, 0.6) is 17.2 Å². The summed E-state index contributed by atoms with van der Waals surface area (Å²) in [4.78, 5) is 22.5. The first-order valence-corrected chi connectivity index (χ1v) is 11.3. The lowest BCUT2D eigenvalue weighted by atomic mass is 10.1. The van der Waals surface area contributed by atoms with Crippen LogP contribution in [-0.4, -0.2) is 39.4 Å². The number of ether oxygens (including phenoxy) is 3. The van der Waals surface area contributed by atoms with Crippen molar-refractivity contribution in [3.05, 3.63) is 69.8 Å². The molecule has 0 amide bonds. The summed E-state index contributed by atoms with van der Waals surface area (Å²) in [5.74, 6) is 1.51. The second kappa shape index (κ2) is 11.1. The Balaban J connectivity index is 1.45. The Kier molecular flexibility index (Phi) is 7.55. The molecule has 4 rings (SSSR count). The summed E-state index contributed by atoms with van der Waals surface area (Å²) in [5.41, 5.74) is 0.956. The Morgan fingerprint density at radius 2 is 1.97 bits per heavy atom. The van der Waals surface area contributed by atoms with Crippen molar-refractivity contribution in [2.75, 3.05) is 13.7 Å². The van der Waals surface area contributed by atoms with Crippen molar-refractivity contribution in [1.29, 1.82) is 5.26 Å². The third kappa shape index (κ3) is 5.67. The van der Waals surface area contributed by atoms with Gasteiger partial charge in [0, 0.05) is 25.1 Å². The second-order valence-electron chi connectivity index (χ2n) is 8.00. The van der Waals surface area contributed by atoms with E-state index in [1.807, 2.05) is 4.57 Å². The number of nitro benzene ring substituents is 1. The molecular formula is C25H23N5O6. The maximum absolute atomic E-state index is 12.3. The Morgan fingerprint density at radius 1 is 1.17 bits per heavy atom. The van der Waals surface area contributed by atoms with Gasteiger partial charge in [-0.2, -0.15) is 5.26 Å². The summed E-state index contributed by atoms with van der Waals surface area (Å²) in [6.07, 6.45) is 5.71. The van der Waals surface area contributed by atoms with E-state index in [-0.39, 0.29) is 11.4 Å². The predicted molar refractivity (Wildman–Crippen MR) is 128 cm³/mol. The summed E-state index contributed by atoms with van der Waals surface area (Å²) >= 11 is 0. The molecule has 0 atom stereocenters. The van der Waals surface area contributed by atoms with Gasteiger partial charge in [0.25, 0.3) is 5.69 Å². The molecule has 0 N–H and O–H groups in total. The number of non-ortho nitro benzene ring substituents is 1. The number of rotatable bonds is 8. The third-order valence-electron chi connectivity index (χ3n) is 5.60. The van der Waals surface area contributed by atoms with E-state index in [1.165, 1.54) is 31.4 Å². The van der Waals surface area contributed by atoms with Gasteiger partial charge in [0.2, 0.25) is 0 Å². The van der Waals surface area contributed by atoms with E-state index in [9.17, 15) is 20.2 Å². The molecule has 1 aliphatic heterocycles. The van der Waals surface area contributed by atoms with Crippen molar-refractivity contribution in [1.82, 2.24) is 14.8 Å². The first-order valence-electron chi connectivity index (χ1n) is 11.3. The third-order valence-corrected chi connectivity index (χ3v) is 5.60. The maximum Gasteiger partial charge on any atom is 0.349 e. The fourth-order valence-electron chi connectivity index (χ4n) is 3.81. The van der Waals surface area contributed by atoms with Crippen LogP contribution in [-0.2, 0) is 17.8 Å². The first kappa shape index (κ1) is 24.4. The van der Waals surface area contributed by atoms with Gasteiger partial charge in [-0.05, 0) is 48.7 Å². The van der Waals surface area contributed by atoms with E-state index in [1.54, 1.807) is 24.3 Å². The van der Waals surface area contributed by atoms with Crippen LogP contribution in [0.25, 0.3) is 11.6 Å². The molecule has 184 valence electrons. The normalized spacial score (nSPS) is 13.2. The molecule has 0 radical (unpaired) electrons. The SMILES string of the molecule is COc1cc(C=C(C#N)c2nnc3n2CCCCC3)ccc1OC(=O)COc1ccc([N+](=O)[O-])cc1. The highest BCUT2D eigenvalue weighted by Gasteiger charge is 2.18. The largest absolute Gasteiger partial charge is 0.493 e. The molecule has 36 heavy (non-hydrogen) atoms. The van der Waals surface area contributed by atoms with Crippen LogP contribution < -0.4 is 14.2 Å². The lowest BCUT2D eigenvalue weighted by Crippen LogP contribution is -2.18. The topological polar surface area (TPSA) is 142 Å². The molecule has 1 aromatic heterocycles. The zero-order valence-corrected chi connectivity index (χ0v) is 19.5. The van der Waals surface area contributed by atoms with Crippen molar-refractivity contribution < 1.29 is 23.9 Å². The van der Waals surface area contributed by atoms with Crippen molar-refractivity contribution in [3.8, 4) is 23.3 Å². The predicted octanol–water partition coefficient (Wildman–Crippen LogP) is 3.97. The van der Waals surface area contributed by atoms with E-state index >= 15 is 0 Å². The summed E-state index contributed by atoms with van der Waals surface area (Å²) in [6, 6.07) is 12.5. The smallest absolute Gasteiger partial charge is 0.349 e. The standard InChI is InChI=1S/C25H23N5O6/c1-34-22-14-17(13-18(15-26)25-28-27-23-5-3-2-4-12-29(23)25)6-11-21(22)36-24(31)16-35-20-9-7-19(8-10-20)30(32)33/h6-11,13-14H,2-5,12,16H2,1H3. The number of nitrogens with zero attached hydrogens (tertiary/aromatic N) is 5. The number of hydrogen-bond donors (Lipinski definition) is 0. The quantitative estimate of drug-likeness (QED) is 0.151. The molecule has 0 saturated heterocycles. The number of esters is 1. The molecule has 3 aromatic rings. The molecule has 2 heterocycles. The number of aromatic nitrogens is 3. The highest BCUT2D eigenvalue weighted by molar-refractivity contribution is 5.87. The van der Waals surface area contributed by atoms with Crippen LogP contribution >= 0.6 is 0 Å². The van der Waals surface area contributed by atoms with Gasteiger partial charge in [0.15, 0.2) is 23.9 Å². The second-order valence-corrected chi connectivity index (χ2v) is 8.00. The summed E-state index contributed by atoms with van der Waals surface area (Å²) in [6.45, 7) is 0.371. The zero-order valence-electron chi connectivity index (χ0n) is 19.5. The van der Waals surface area contributed by atoms with Gasteiger partial charge in [-0.25, -0.2) is 4.79 Å². The van der Waals surface area contributed by atoms with Gasteiger partial charge in [0.05, 0.1) is 17.6 Å². The highest BCUT2D eigenvalue weighted by Crippen LogP contribution is 2.30. The molecule has 1 aliphatic rings. The van der Waals surface area contributed by atoms with Crippen molar-refractivity contribution >= 4 is 23.3 Å². The van der Waals surface area contributed by atoms with E-state index in [4.69, 9.17) is 14.2 Å². The molecule has 11 heteroatoms. The van der Waals surface area contributed by atoms with Gasteiger partial charge >= 0.3 is 5.97 Å². The number of nitro groups is 1. The fourth-order valence-corrected chi connectivity index (χ4v) is 3.81. The van der Waals surface area contributed by atoms with Crippen LogP contribution in [0.3, 0.4) is 0 Å². The molecule has 2 aromatic carbocycles. The minimum Gasteiger partial charge on any atom is -0.493 e. The van der Waals surface area contributed by atoms with Gasteiger partial charge < -0.3 is 18.8 Å². The van der Waals surface area contributed by atoms with Crippen LogP contribution in [0.1, 0.15) is 36.5 Å². The molecule has 11 nitrogen and oxygen atoms in total. The van der Waals surface area contributed by atoms with Gasteiger partial charge in [-0.1, -0.05) is 12.5 Å². The minimum atomic E-state index is -0.682. The van der Waals surface area contributed by atoms with E-state index in [0.717, 1.165) is 38.1 Å². The number of fused-ring (bicyclic) bond motifs is 1. The van der Waals surface area contributed by atoms with Gasteiger partial charge in [0.1, 0.15) is 17.6 Å². The highest BCUT2D eigenvalue weighted by atomic mass is 16.6. The Labute approximate surface area is 206 Å². The number of methoxy groups -OCH3 is 1. The monoisotopic (exact) mass is 489 g/mol. The number of carbonyl (C=O) groups is 1. The Morgan fingerprint density at radius 3 is 2.69 bits per heavy atom. The molecule has 0 spiro atoms. The van der Waals surface area contributed by atoms with Gasteiger partial charge in [-0.3, -0.25) is 10.1 Å². The Bertz CT molecular complexity index is 1340. The van der Waals surface area contributed by atoms with Crippen LogP contribution in [0.15, 0.2) is 42.5 Å². The van der Waals surface area contributed by atoms with Gasteiger partial charge in [-0.15, -0.1) is 10.2 Å². The zero-order chi connectivity index (χ0) is 25.5. The summed E-state index contributed by atoms with van der Waals surface area (Å²) < 4.78 is 18.1. The molecule has 0 unspecified atom stereocenters. The van der Waals surface area contributed by atoms with Crippen LogP contribution in [0, 0.1) is 21.4 Å². The van der Waals surface area contributed by atoms with E-state index in [2.05, 4.69) is 16.3 Å². The van der Waals surface area contributed by atoms with E-state index < -0.39 is 17.5 Å². The van der Waals surface area contributed by atoms with Crippen LogP contribution in [0.2, 0.25) is 0 Å². The first-order chi connectivity index (χ1) is 17.5. The molecule has 0 bridgehead atoms. The minimum absolute atomic E-state index is 0.0808. The Hall–Kier alpha value is -4.72.